The molecular weight excluding hydrogens is 461 g/mol. The second-order valence-corrected chi connectivity index (χ2v) is 10.5. The van der Waals surface area contributed by atoms with Gasteiger partial charge in [-0.3, -0.25) is 0 Å². The van der Waals surface area contributed by atoms with Gasteiger partial charge in [-0.1, -0.05) is 17.3 Å². The van der Waals surface area contributed by atoms with Gasteiger partial charge in [-0.15, -0.1) is 0 Å². The summed E-state index contributed by atoms with van der Waals surface area (Å²) in [6.45, 7) is 4.01. The first-order valence-electron chi connectivity index (χ1n) is 12.0. The summed E-state index contributed by atoms with van der Waals surface area (Å²) in [7, 11) is 0. The average Bonchev–Trinajstić information content (AvgIpc) is 3.57. The zero-order valence-corrected chi connectivity index (χ0v) is 20.5. The van der Waals surface area contributed by atoms with Crippen LogP contribution in [0.1, 0.15) is 47.6 Å². The number of fused-ring (bicyclic) bond motifs is 1. The van der Waals surface area contributed by atoms with Gasteiger partial charge in [-0.2, -0.15) is 16.3 Å². The summed E-state index contributed by atoms with van der Waals surface area (Å²) in [6.07, 6.45) is 4.95. The van der Waals surface area contributed by atoms with Crippen LogP contribution in [-0.4, -0.2) is 22.5 Å². The first-order valence-corrected chi connectivity index (χ1v) is 13.0. The van der Waals surface area contributed by atoms with E-state index in [0.29, 0.717) is 23.5 Å². The van der Waals surface area contributed by atoms with E-state index in [1.165, 1.54) is 11.1 Å². The molecule has 5 nitrogen and oxygen atoms in total. The highest BCUT2D eigenvalue weighted by Gasteiger charge is 2.32. The summed E-state index contributed by atoms with van der Waals surface area (Å²) >= 11 is 1.61. The van der Waals surface area contributed by atoms with Gasteiger partial charge in [0.05, 0.1) is 5.56 Å². The van der Waals surface area contributed by atoms with Crippen LogP contribution < -0.4 is 5.32 Å². The molecule has 1 atom stereocenters. The maximum Gasteiger partial charge on any atom is 0.261 e. The van der Waals surface area contributed by atoms with Crippen molar-refractivity contribution in [2.75, 3.05) is 0 Å². The fraction of sp³-hybridized carbons (Fsp3) is 0.321. The largest absolute Gasteiger partial charge is 0.334 e. The molecule has 0 radical (unpaired) electrons. The number of aromatic nitrogens is 2. The molecule has 2 aromatic heterocycles. The lowest BCUT2D eigenvalue weighted by Crippen LogP contribution is -2.43. The number of carbonyl (C=O) groups is 1. The highest BCUT2D eigenvalue weighted by atomic mass is 32.1. The summed E-state index contributed by atoms with van der Waals surface area (Å²) in [4.78, 5) is 15.4. The number of nitrogens with one attached hydrogen (secondary N) is 1. The van der Waals surface area contributed by atoms with Crippen LogP contribution in [0.25, 0.3) is 34.0 Å². The molecule has 1 fully saturated rings. The van der Waals surface area contributed by atoms with Crippen molar-refractivity contribution in [1.29, 1.82) is 0 Å². The van der Waals surface area contributed by atoms with E-state index >= 15 is 4.39 Å². The van der Waals surface area contributed by atoms with Crippen molar-refractivity contribution >= 4 is 17.6 Å². The van der Waals surface area contributed by atoms with E-state index in [4.69, 9.17) is 4.52 Å². The molecule has 1 N–H and O–H groups in total. The van der Waals surface area contributed by atoms with E-state index in [9.17, 15) is 4.79 Å². The quantitative estimate of drug-likeness (QED) is 0.317. The van der Waals surface area contributed by atoms with Gasteiger partial charge in [0.25, 0.3) is 5.89 Å². The van der Waals surface area contributed by atoms with E-state index in [1.54, 1.807) is 23.5 Å². The number of hydrogen-bond donors (Lipinski definition) is 1. The lowest BCUT2D eigenvalue weighted by molar-refractivity contribution is -0.113. The Bertz CT molecular complexity index is 1420. The van der Waals surface area contributed by atoms with Crippen LogP contribution in [0.4, 0.5) is 4.39 Å². The fourth-order valence-electron chi connectivity index (χ4n) is 5.35. The first kappa shape index (κ1) is 22.3. The van der Waals surface area contributed by atoms with Crippen molar-refractivity contribution in [3.63, 3.8) is 0 Å². The molecule has 6 rings (SSSR count). The molecule has 0 aliphatic heterocycles. The predicted octanol–water partition coefficient (Wildman–Crippen LogP) is 6.44. The maximum atomic E-state index is 15.1. The van der Waals surface area contributed by atoms with Crippen molar-refractivity contribution in [3.05, 3.63) is 69.2 Å². The minimum atomic E-state index is -0.373. The third kappa shape index (κ3) is 4.02. The van der Waals surface area contributed by atoms with Crippen molar-refractivity contribution < 1.29 is 13.7 Å². The molecule has 35 heavy (non-hydrogen) atoms. The Morgan fingerprint density at radius 3 is 2.71 bits per heavy atom. The fourth-order valence-corrected chi connectivity index (χ4v) is 6.19. The minimum Gasteiger partial charge on any atom is -0.334 e. The molecule has 0 bridgehead atoms. The van der Waals surface area contributed by atoms with E-state index in [2.05, 4.69) is 33.0 Å². The van der Waals surface area contributed by atoms with Gasteiger partial charge in [-0.05, 0) is 102 Å². The van der Waals surface area contributed by atoms with Crippen LogP contribution in [0.3, 0.4) is 0 Å². The zero-order chi connectivity index (χ0) is 24.1. The SMILES string of the molecule is Cc1cscc1-c1cc(F)c(-c2nc(-c3ccc4c(c3)CCC4NC3CC(C=O)C3)no2)cc1C. The molecule has 1 unspecified atom stereocenters. The molecule has 7 heteroatoms. The van der Waals surface area contributed by atoms with E-state index in [1.807, 2.05) is 25.3 Å². The van der Waals surface area contributed by atoms with Crippen molar-refractivity contribution in [1.82, 2.24) is 15.5 Å². The number of aldehydes is 1. The summed E-state index contributed by atoms with van der Waals surface area (Å²) in [5, 5.41) is 12.0. The Balaban J connectivity index is 1.23. The van der Waals surface area contributed by atoms with Gasteiger partial charge in [0.1, 0.15) is 12.1 Å². The monoisotopic (exact) mass is 487 g/mol. The number of hydrogen-bond acceptors (Lipinski definition) is 6. The normalized spacial score (nSPS) is 21.1. The maximum absolute atomic E-state index is 15.1. The zero-order valence-electron chi connectivity index (χ0n) is 19.7. The minimum absolute atomic E-state index is 0.184. The van der Waals surface area contributed by atoms with Gasteiger partial charge in [0.2, 0.25) is 5.82 Å². The second-order valence-electron chi connectivity index (χ2n) is 9.77. The molecule has 0 saturated heterocycles. The molecule has 0 spiro atoms. The molecule has 2 aliphatic rings. The van der Waals surface area contributed by atoms with Crippen molar-refractivity contribution in [3.8, 4) is 34.0 Å². The predicted molar refractivity (Wildman–Crippen MR) is 135 cm³/mol. The third-order valence-electron chi connectivity index (χ3n) is 7.40. The highest BCUT2D eigenvalue weighted by molar-refractivity contribution is 7.08. The Morgan fingerprint density at radius 1 is 1.09 bits per heavy atom. The van der Waals surface area contributed by atoms with Crippen LogP contribution in [0.5, 0.6) is 0 Å². The van der Waals surface area contributed by atoms with Crippen molar-refractivity contribution in [2.24, 2.45) is 5.92 Å². The van der Waals surface area contributed by atoms with Crippen molar-refractivity contribution in [2.45, 2.75) is 51.6 Å². The topological polar surface area (TPSA) is 68.0 Å². The lowest BCUT2D eigenvalue weighted by Gasteiger charge is -2.35. The smallest absolute Gasteiger partial charge is 0.261 e. The lowest BCUT2D eigenvalue weighted by atomic mass is 9.81. The average molecular weight is 488 g/mol. The molecule has 178 valence electrons. The number of carbonyl (C=O) groups excluding carboxylic acids is 1. The molecule has 2 aromatic carbocycles. The standard InChI is InChI=1S/C28H26FN3O2S/c1-15-7-23(25(29)11-22(15)24-14-35-13-16(24)2)28-31-27(32-34-28)19-3-5-21-18(10-19)4-6-26(21)30-20-8-17(9-20)12-33/h3,5,7,10-14,17,20,26,30H,4,6,8-9H2,1-2H3. The Kier molecular flexibility index (Phi) is 5.61. The van der Waals surface area contributed by atoms with Gasteiger partial charge in [-0.25, -0.2) is 4.39 Å². The summed E-state index contributed by atoms with van der Waals surface area (Å²) in [6, 6.07) is 10.3. The van der Waals surface area contributed by atoms with Gasteiger partial charge >= 0.3 is 0 Å². The van der Waals surface area contributed by atoms with Gasteiger partial charge in [0.15, 0.2) is 0 Å². The number of rotatable bonds is 6. The Hall–Kier alpha value is -3.16. The third-order valence-corrected chi connectivity index (χ3v) is 8.26. The first-order chi connectivity index (χ1) is 17.0. The molecular formula is C28H26FN3O2S. The number of aryl methyl sites for hydroxylation is 3. The van der Waals surface area contributed by atoms with Crippen LogP contribution in [0.2, 0.25) is 0 Å². The van der Waals surface area contributed by atoms with E-state index < -0.39 is 0 Å². The molecule has 2 aliphatic carbocycles. The number of halogens is 1. The van der Waals surface area contributed by atoms with E-state index in [0.717, 1.165) is 59.8 Å². The molecule has 1 saturated carbocycles. The molecule has 0 amide bonds. The molecule has 4 aromatic rings. The number of nitrogens with zero attached hydrogens (tertiary/aromatic N) is 2. The van der Waals surface area contributed by atoms with Crippen LogP contribution >= 0.6 is 11.3 Å². The van der Waals surface area contributed by atoms with Crippen LogP contribution in [0.15, 0.2) is 45.6 Å². The van der Waals surface area contributed by atoms with Gasteiger partial charge < -0.3 is 14.6 Å². The van der Waals surface area contributed by atoms with Crippen LogP contribution in [0, 0.1) is 25.6 Å². The number of thiophene rings is 1. The Morgan fingerprint density at radius 2 is 1.94 bits per heavy atom. The molecule has 2 heterocycles. The van der Waals surface area contributed by atoms with Crippen LogP contribution in [-0.2, 0) is 11.2 Å². The summed E-state index contributed by atoms with van der Waals surface area (Å²) in [5.41, 5.74) is 7.79. The highest BCUT2D eigenvalue weighted by Crippen LogP contribution is 2.38. The summed E-state index contributed by atoms with van der Waals surface area (Å²) in [5.74, 6) is 0.487. The summed E-state index contributed by atoms with van der Waals surface area (Å²) < 4.78 is 20.6. The van der Waals surface area contributed by atoms with Gasteiger partial charge in [0, 0.05) is 23.6 Å². The second kappa shape index (κ2) is 8.81. The Labute approximate surface area is 207 Å². The van der Waals surface area contributed by atoms with E-state index in [-0.39, 0.29) is 17.6 Å². The number of benzene rings is 2.